The minimum Gasteiger partial charge on any atom is -0.508 e. The van der Waals surface area contributed by atoms with E-state index >= 15 is 0 Å². The third-order valence-electron chi connectivity index (χ3n) is 6.83. The van der Waals surface area contributed by atoms with E-state index in [2.05, 4.69) is 5.09 Å². The predicted molar refractivity (Wildman–Crippen MR) is 157 cm³/mol. The topological polar surface area (TPSA) is 158 Å². The van der Waals surface area contributed by atoms with E-state index in [1.54, 1.807) is 48.5 Å². The van der Waals surface area contributed by atoms with Gasteiger partial charge >= 0.3 is 19.4 Å². The van der Waals surface area contributed by atoms with Gasteiger partial charge in [0, 0.05) is 5.39 Å². The van der Waals surface area contributed by atoms with Gasteiger partial charge in [0.25, 0.3) is 5.56 Å². The van der Waals surface area contributed by atoms with Gasteiger partial charge < -0.3 is 19.1 Å². The van der Waals surface area contributed by atoms with Crippen molar-refractivity contribution in [2.45, 2.75) is 38.6 Å². The molecule has 5 rings (SSSR count). The van der Waals surface area contributed by atoms with Crippen LogP contribution in [0, 0.1) is 5.82 Å². The number of carbonyl (C=O) groups excluding carboxylic acids is 1. The lowest BCUT2D eigenvalue weighted by Gasteiger charge is -2.27. The number of nitrogens with zero attached hydrogens (tertiary/aromatic N) is 1. The molecular formula is C30H29FN3O9P. The normalized spacial score (nSPS) is 18.4. The highest BCUT2D eigenvalue weighted by molar-refractivity contribution is 7.52. The van der Waals surface area contributed by atoms with Gasteiger partial charge in [0.05, 0.1) is 12.6 Å². The molecule has 1 aliphatic heterocycles. The first-order valence-corrected chi connectivity index (χ1v) is 15.0. The van der Waals surface area contributed by atoms with Crippen LogP contribution in [0.15, 0.2) is 100 Å². The van der Waals surface area contributed by atoms with Gasteiger partial charge in [0.2, 0.25) is 5.82 Å². The number of carbonyl (C=O) groups is 1. The summed E-state index contributed by atoms with van der Waals surface area (Å²) < 4.78 is 51.6. The van der Waals surface area contributed by atoms with Crippen LogP contribution in [-0.4, -0.2) is 33.3 Å². The Hall–Kier alpha value is -4.71. The van der Waals surface area contributed by atoms with Gasteiger partial charge in [0.15, 0.2) is 11.5 Å². The van der Waals surface area contributed by atoms with Crippen molar-refractivity contribution in [3.8, 4) is 5.75 Å². The summed E-state index contributed by atoms with van der Waals surface area (Å²) in [7, 11) is -4.42. The average molecular weight is 626 g/mol. The molecule has 0 amide bonds. The number of esters is 1. The number of halogens is 1. The molecule has 0 saturated heterocycles. The van der Waals surface area contributed by atoms with E-state index in [9.17, 15) is 28.4 Å². The second-order valence-corrected chi connectivity index (χ2v) is 11.9. The van der Waals surface area contributed by atoms with Crippen molar-refractivity contribution in [2.75, 3.05) is 6.61 Å². The summed E-state index contributed by atoms with van der Waals surface area (Å²) in [6.45, 7) is 2.15. The summed E-state index contributed by atoms with van der Waals surface area (Å²) in [5.74, 6) is -2.38. The molecule has 0 aliphatic carbocycles. The molecule has 12 nitrogen and oxygen atoms in total. The number of hydrogen-bond donors (Lipinski definition) is 3. The summed E-state index contributed by atoms with van der Waals surface area (Å²) >= 11 is 0. The Morgan fingerprint density at radius 1 is 1.11 bits per heavy atom. The first kappa shape index (κ1) is 30.7. The predicted octanol–water partition coefficient (Wildman–Crippen LogP) is 4.62. The van der Waals surface area contributed by atoms with Crippen LogP contribution in [0.2, 0.25) is 0 Å². The number of fused-ring (bicyclic) bond motifs is 1. The molecular weight excluding hydrogens is 596 g/mol. The molecule has 4 aromatic rings. The number of aromatic amines is 1. The summed E-state index contributed by atoms with van der Waals surface area (Å²) in [5.41, 5.74) is -3.07. The van der Waals surface area contributed by atoms with Crippen LogP contribution in [0.5, 0.6) is 5.75 Å². The highest BCUT2D eigenvalue weighted by Crippen LogP contribution is 2.48. The van der Waals surface area contributed by atoms with Crippen LogP contribution < -0.4 is 20.9 Å². The Morgan fingerprint density at radius 3 is 2.59 bits per heavy atom. The molecule has 230 valence electrons. The quantitative estimate of drug-likeness (QED) is 0.159. The molecule has 3 N–H and O–H groups in total. The van der Waals surface area contributed by atoms with Crippen LogP contribution >= 0.6 is 7.75 Å². The zero-order valence-electron chi connectivity index (χ0n) is 23.7. The molecule has 0 fully saturated rings. The summed E-state index contributed by atoms with van der Waals surface area (Å²) in [4.78, 5) is 38.5. The average Bonchev–Trinajstić information content (AvgIpc) is 3.31. The highest BCUT2D eigenvalue weighted by Gasteiger charge is 2.42. The zero-order chi connectivity index (χ0) is 31.5. The largest absolute Gasteiger partial charge is 0.508 e. The number of rotatable bonds is 11. The standard InChI is InChI=1S/C30H29FN3O9P/c1-19(28(37)40-17-20-9-4-3-5-10-20)33-44(39,43-25-14-8-12-21-11-6-7-13-22(21)25)41-18-26-24(35)15-30(2,42-26)34-16-23(31)27(36)32-29(34)38/h3-14,16,19,35H,15,17-18H2,1-2H3,(H,33,39)(H,32,36,38)/t19-,30?,44?/m0/s1. The number of nitrogens with one attached hydrogen (secondary N) is 2. The molecule has 1 aliphatic rings. The molecule has 0 saturated carbocycles. The highest BCUT2D eigenvalue weighted by atomic mass is 31.2. The second kappa shape index (κ2) is 12.5. The summed E-state index contributed by atoms with van der Waals surface area (Å²) in [6, 6.07) is 20.1. The van der Waals surface area contributed by atoms with E-state index in [1.807, 2.05) is 29.2 Å². The van der Waals surface area contributed by atoms with Gasteiger partial charge in [-0.1, -0.05) is 66.7 Å². The van der Waals surface area contributed by atoms with Gasteiger partial charge in [-0.25, -0.2) is 9.36 Å². The van der Waals surface area contributed by atoms with E-state index in [0.717, 1.165) is 15.5 Å². The SMILES string of the molecule is C[C@H](NP(=O)(OCC1=C(O)CC(C)(n2cc(F)c(=O)[nH]c2=O)O1)Oc1cccc2ccccc12)C(=O)OCc1ccccc1. The van der Waals surface area contributed by atoms with E-state index in [4.69, 9.17) is 18.5 Å². The first-order chi connectivity index (χ1) is 21.0. The minimum atomic E-state index is -4.42. The molecule has 0 spiro atoms. The molecule has 2 unspecified atom stereocenters. The van der Waals surface area contributed by atoms with Crippen molar-refractivity contribution in [1.29, 1.82) is 0 Å². The smallest absolute Gasteiger partial charge is 0.459 e. The zero-order valence-corrected chi connectivity index (χ0v) is 24.6. The molecule has 0 bridgehead atoms. The molecule has 44 heavy (non-hydrogen) atoms. The maximum atomic E-state index is 14.2. The first-order valence-electron chi connectivity index (χ1n) is 13.5. The lowest BCUT2D eigenvalue weighted by molar-refractivity contribution is -0.146. The van der Waals surface area contributed by atoms with Crippen LogP contribution in [0.3, 0.4) is 0 Å². The lowest BCUT2D eigenvalue weighted by atomic mass is 10.1. The number of aliphatic hydroxyl groups is 1. The van der Waals surface area contributed by atoms with E-state index in [-0.39, 0.29) is 30.3 Å². The number of benzene rings is 3. The van der Waals surface area contributed by atoms with Crippen molar-refractivity contribution >= 4 is 24.5 Å². The molecule has 14 heteroatoms. The van der Waals surface area contributed by atoms with Crippen molar-refractivity contribution in [3.05, 3.63) is 123 Å². The third kappa shape index (κ3) is 6.75. The van der Waals surface area contributed by atoms with Crippen LogP contribution in [0.4, 0.5) is 4.39 Å². The summed E-state index contributed by atoms with van der Waals surface area (Å²) in [5, 5.41) is 14.6. The van der Waals surface area contributed by atoms with E-state index < -0.39 is 49.2 Å². The molecule has 0 radical (unpaired) electrons. The molecule has 3 aromatic carbocycles. The van der Waals surface area contributed by atoms with Gasteiger partial charge in [-0.3, -0.25) is 23.7 Å². The maximum absolute atomic E-state index is 14.2. The Kier molecular flexibility index (Phi) is 8.73. The number of ether oxygens (including phenoxy) is 2. The fourth-order valence-corrected chi connectivity index (χ4v) is 6.06. The Bertz CT molecular complexity index is 1890. The Morgan fingerprint density at radius 2 is 1.82 bits per heavy atom. The van der Waals surface area contributed by atoms with Crippen LogP contribution in [-0.2, 0) is 35.7 Å². The van der Waals surface area contributed by atoms with Gasteiger partial charge in [0.1, 0.15) is 30.8 Å². The minimum absolute atomic E-state index is 0.0150. The number of hydrogen-bond acceptors (Lipinski definition) is 9. The van der Waals surface area contributed by atoms with Gasteiger partial charge in [-0.2, -0.15) is 9.48 Å². The van der Waals surface area contributed by atoms with Crippen LogP contribution in [0.25, 0.3) is 10.8 Å². The van der Waals surface area contributed by atoms with Gasteiger partial charge in [-0.15, -0.1) is 0 Å². The fraction of sp³-hybridized carbons (Fsp3) is 0.233. The van der Waals surface area contributed by atoms with Crippen LogP contribution in [0.1, 0.15) is 25.8 Å². The van der Waals surface area contributed by atoms with Crippen molar-refractivity contribution < 1.29 is 37.4 Å². The van der Waals surface area contributed by atoms with E-state index in [0.29, 0.717) is 11.6 Å². The number of H-pyrrole nitrogens is 1. The number of aliphatic hydroxyl groups excluding tert-OH is 1. The Balaban J connectivity index is 1.36. The molecule has 1 aromatic heterocycles. The summed E-state index contributed by atoms with van der Waals surface area (Å²) in [6.07, 6.45) is 0.359. The van der Waals surface area contributed by atoms with Crippen molar-refractivity contribution in [1.82, 2.24) is 14.6 Å². The van der Waals surface area contributed by atoms with Crippen molar-refractivity contribution in [3.63, 3.8) is 0 Å². The van der Waals surface area contributed by atoms with E-state index in [1.165, 1.54) is 13.8 Å². The molecule has 2 heterocycles. The fourth-order valence-electron chi connectivity index (χ4n) is 4.60. The monoisotopic (exact) mass is 625 g/mol. The third-order valence-corrected chi connectivity index (χ3v) is 8.44. The lowest BCUT2D eigenvalue weighted by Crippen LogP contribution is -2.43. The molecule has 3 atom stereocenters. The van der Waals surface area contributed by atoms with Gasteiger partial charge in [-0.05, 0) is 30.9 Å². The Labute approximate surface area is 250 Å². The van der Waals surface area contributed by atoms with Crippen molar-refractivity contribution in [2.24, 2.45) is 0 Å². The maximum Gasteiger partial charge on any atom is 0.459 e. The number of aromatic nitrogens is 2. The second-order valence-electron chi connectivity index (χ2n) is 10.2.